The molecule has 0 radical (unpaired) electrons. The predicted octanol–water partition coefficient (Wildman–Crippen LogP) is 2.08. The van der Waals surface area contributed by atoms with E-state index in [-0.39, 0.29) is 12.5 Å². The van der Waals surface area contributed by atoms with Crippen LogP contribution in [0.3, 0.4) is 0 Å². The van der Waals surface area contributed by atoms with E-state index in [1.54, 1.807) is 6.20 Å². The summed E-state index contributed by atoms with van der Waals surface area (Å²) in [4.78, 5) is 22.9. The Labute approximate surface area is 141 Å². The van der Waals surface area contributed by atoms with E-state index in [4.69, 9.17) is 4.74 Å². The summed E-state index contributed by atoms with van der Waals surface area (Å²) in [5, 5.41) is 2.83. The molecular formula is C18H22N4O2. The van der Waals surface area contributed by atoms with Crippen molar-refractivity contribution in [1.82, 2.24) is 15.3 Å². The highest BCUT2D eigenvalue weighted by Crippen LogP contribution is 2.15. The summed E-state index contributed by atoms with van der Waals surface area (Å²) < 4.78 is 5.46. The van der Waals surface area contributed by atoms with Crippen molar-refractivity contribution in [1.29, 1.82) is 0 Å². The van der Waals surface area contributed by atoms with Crippen molar-refractivity contribution in [2.45, 2.75) is 26.3 Å². The second-order valence-corrected chi connectivity index (χ2v) is 5.92. The third kappa shape index (κ3) is 4.44. The van der Waals surface area contributed by atoms with E-state index >= 15 is 0 Å². The van der Waals surface area contributed by atoms with Gasteiger partial charge in [0.1, 0.15) is 5.75 Å². The Hall–Kier alpha value is -2.63. The molecule has 0 atom stereocenters. The lowest BCUT2D eigenvalue weighted by Gasteiger charge is -2.15. The van der Waals surface area contributed by atoms with E-state index in [0.717, 1.165) is 30.3 Å². The Morgan fingerprint density at radius 2 is 1.96 bits per heavy atom. The van der Waals surface area contributed by atoms with Gasteiger partial charge >= 0.3 is 0 Å². The van der Waals surface area contributed by atoms with Gasteiger partial charge in [-0.15, -0.1) is 0 Å². The van der Waals surface area contributed by atoms with Gasteiger partial charge < -0.3 is 15.0 Å². The summed E-state index contributed by atoms with van der Waals surface area (Å²) >= 11 is 0. The Bertz CT molecular complexity index is 682. The molecule has 1 amide bonds. The minimum Gasteiger partial charge on any atom is -0.484 e. The minimum atomic E-state index is -0.170. The number of aromatic nitrogens is 2. The first-order chi connectivity index (χ1) is 11.7. The molecular weight excluding hydrogens is 304 g/mol. The van der Waals surface area contributed by atoms with Gasteiger partial charge in [0.25, 0.3) is 5.91 Å². The summed E-state index contributed by atoms with van der Waals surface area (Å²) in [6.45, 7) is 4.38. The van der Waals surface area contributed by atoms with E-state index in [9.17, 15) is 4.79 Å². The summed E-state index contributed by atoms with van der Waals surface area (Å²) in [6, 6.07) is 9.44. The fourth-order valence-electron chi connectivity index (χ4n) is 2.58. The van der Waals surface area contributed by atoms with Gasteiger partial charge in [-0.25, -0.2) is 9.97 Å². The Morgan fingerprint density at radius 3 is 2.71 bits per heavy atom. The summed E-state index contributed by atoms with van der Waals surface area (Å²) in [7, 11) is 0. The molecule has 126 valence electrons. The highest BCUT2D eigenvalue weighted by molar-refractivity contribution is 5.77. The molecule has 1 aromatic carbocycles. The average molecular weight is 326 g/mol. The number of nitrogens with zero attached hydrogens (tertiary/aromatic N) is 3. The van der Waals surface area contributed by atoms with E-state index < -0.39 is 0 Å². The summed E-state index contributed by atoms with van der Waals surface area (Å²) in [5.74, 6) is 1.26. The van der Waals surface area contributed by atoms with Gasteiger partial charge in [-0.2, -0.15) is 0 Å². The van der Waals surface area contributed by atoms with Crippen molar-refractivity contribution in [3.63, 3.8) is 0 Å². The molecule has 1 saturated heterocycles. The van der Waals surface area contributed by atoms with Gasteiger partial charge in [0, 0.05) is 19.3 Å². The van der Waals surface area contributed by atoms with Crippen molar-refractivity contribution in [2.24, 2.45) is 0 Å². The average Bonchev–Trinajstić information content (AvgIpc) is 3.14. The molecule has 1 fully saturated rings. The van der Waals surface area contributed by atoms with Gasteiger partial charge in [-0.1, -0.05) is 17.7 Å². The molecule has 24 heavy (non-hydrogen) atoms. The zero-order valence-corrected chi connectivity index (χ0v) is 13.9. The van der Waals surface area contributed by atoms with Crippen LogP contribution in [0.25, 0.3) is 0 Å². The maximum absolute atomic E-state index is 11.9. The molecule has 0 saturated carbocycles. The second kappa shape index (κ2) is 7.77. The van der Waals surface area contributed by atoms with Crippen LogP contribution in [-0.4, -0.2) is 35.6 Å². The maximum atomic E-state index is 11.9. The summed E-state index contributed by atoms with van der Waals surface area (Å²) in [5.41, 5.74) is 1.96. The number of carbonyl (C=O) groups excluding carboxylic acids is 1. The van der Waals surface area contributed by atoms with Crippen LogP contribution in [0.1, 0.15) is 24.1 Å². The molecule has 0 bridgehead atoms. The smallest absolute Gasteiger partial charge is 0.258 e. The summed E-state index contributed by atoms with van der Waals surface area (Å²) in [6.07, 6.45) is 4.10. The number of nitrogens with one attached hydrogen (secondary N) is 1. The Morgan fingerprint density at radius 1 is 1.21 bits per heavy atom. The highest BCUT2D eigenvalue weighted by atomic mass is 16.5. The quantitative estimate of drug-likeness (QED) is 0.880. The molecule has 1 N–H and O–H groups in total. The number of amides is 1. The molecule has 0 spiro atoms. The lowest BCUT2D eigenvalue weighted by atomic mass is 10.2. The Balaban J connectivity index is 1.47. The number of aryl methyl sites for hydroxylation is 1. The number of hydrogen-bond donors (Lipinski definition) is 1. The van der Waals surface area contributed by atoms with Crippen molar-refractivity contribution in [3.8, 4) is 5.75 Å². The first-order valence-corrected chi connectivity index (χ1v) is 8.24. The third-order valence-electron chi connectivity index (χ3n) is 3.95. The fraction of sp³-hybridized carbons (Fsp3) is 0.389. The second-order valence-electron chi connectivity index (χ2n) is 5.92. The largest absolute Gasteiger partial charge is 0.484 e. The lowest BCUT2D eigenvalue weighted by Crippen LogP contribution is -2.29. The van der Waals surface area contributed by atoms with Gasteiger partial charge in [-0.3, -0.25) is 4.79 Å². The first-order valence-electron chi connectivity index (χ1n) is 8.24. The van der Waals surface area contributed by atoms with Crippen LogP contribution in [0.4, 0.5) is 5.95 Å². The van der Waals surface area contributed by atoms with Crippen LogP contribution < -0.4 is 15.0 Å². The number of rotatable bonds is 6. The number of carbonyl (C=O) groups is 1. The molecule has 6 nitrogen and oxygen atoms in total. The minimum absolute atomic E-state index is 0.00682. The molecule has 0 aliphatic carbocycles. The van der Waals surface area contributed by atoms with Crippen LogP contribution in [-0.2, 0) is 11.3 Å². The van der Waals surface area contributed by atoms with Gasteiger partial charge in [-0.05, 0) is 38.0 Å². The van der Waals surface area contributed by atoms with Crippen LogP contribution in [0.5, 0.6) is 5.75 Å². The fourth-order valence-corrected chi connectivity index (χ4v) is 2.58. The highest BCUT2D eigenvalue weighted by Gasteiger charge is 2.15. The number of benzene rings is 1. The molecule has 6 heteroatoms. The van der Waals surface area contributed by atoms with Crippen molar-refractivity contribution < 1.29 is 9.53 Å². The number of hydrogen-bond acceptors (Lipinski definition) is 5. The van der Waals surface area contributed by atoms with Crippen molar-refractivity contribution >= 4 is 11.9 Å². The van der Waals surface area contributed by atoms with Crippen LogP contribution in [0.2, 0.25) is 0 Å². The van der Waals surface area contributed by atoms with Crippen LogP contribution in [0.15, 0.2) is 36.5 Å². The van der Waals surface area contributed by atoms with E-state index in [0.29, 0.717) is 12.3 Å². The number of ether oxygens (including phenoxy) is 1. The predicted molar refractivity (Wildman–Crippen MR) is 92.0 cm³/mol. The topological polar surface area (TPSA) is 67.3 Å². The maximum Gasteiger partial charge on any atom is 0.258 e. The van der Waals surface area contributed by atoms with E-state index in [1.807, 2.05) is 37.3 Å². The molecule has 3 rings (SSSR count). The zero-order chi connectivity index (χ0) is 16.8. The standard InChI is InChI=1S/C18H22N4O2/c1-14-4-6-16(7-5-14)24-13-17(23)20-12-15-8-9-19-18(21-15)22-10-2-3-11-22/h4-9H,2-3,10-13H2,1H3,(H,20,23). The third-order valence-corrected chi connectivity index (χ3v) is 3.95. The van der Waals surface area contributed by atoms with Gasteiger partial charge in [0.15, 0.2) is 6.61 Å². The molecule has 2 heterocycles. The van der Waals surface area contributed by atoms with Gasteiger partial charge in [0.05, 0.1) is 12.2 Å². The zero-order valence-electron chi connectivity index (χ0n) is 13.9. The number of anilines is 1. The SMILES string of the molecule is Cc1ccc(OCC(=O)NCc2ccnc(N3CCCC3)n2)cc1. The van der Waals surface area contributed by atoms with Gasteiger partial charge in [0.2, 0.25) is 5.95 Å². The first kappa shape index (κ1) is 16.2. The van der Waals surface area contributed by atoms with E-state index in [2.05, 4.69) is 20.2 Å². The Kier molecular flexibility index (Phi) is 5.25. The van der Waals surface area contributed by atoms with Crippen molar-refractivity contribution in [2.75, 3.05) is 24.6 Å². The van der Waals surface area contributed by atoms with Crippen molar-refractivity contribution in [3.05, 3.63) is 47.8 Å². The molecule has 1 aromatic heterocycles. The van der Waals surface area contributed by atoms with E-state index in [1.165, 1.54) is 12.8 Å². The monoisotopic (exact) mass is 326 g/mol. The molecule has 2 aromatic rings. The lowest BCUT2D eigenvalue weighted by molar-refractivity contribution is -0.123. The molecule has 0 unspecified atom stereocenters. The molecule has 1 aliphatic heterocycles. The molecule has 1 aliphatic rings. The van der Waals surface area contributed by atoms with Crippen LogP contribution >= 0.6 is 0 Å². The normalized spacial score (nSPS) is 13.8. The van der Waals surface area contributed by atoms with Crippen LogP contribution in [0, 0.1) is 6.92 Å².